The quantitative estimate of drug-likeness (QED) is 0.718. The maximum Gasteiger partial charge on any atom is 0.153 e. The van der Waals surface area contributed by atoms with Gasteiger partial charge in [0.1, 0.15) is 0 Å². The van der Waals surface area contributed by atoms with E-state index in [-0.39, 0.29) is 0 Å². The highest BCUT2D eigenvalue weighted by molar-refractivity contribution is 5.83. The van der Waals surface area contributed by atoms with Crippen LogP contribution in [0.3, 0.4) is 0 Å². The number of hydrogen-bond acceptors (Lipinski definition) is 4. The first-order chi connectivity index (χ1) is 8.83. The monoisotopic (exact) mass is 236 g/mol. The standard InChI is InChI=1S/C14H12N4/c15-12-4-2-8-17-14(12)18-11-5-6-13-10(9-11)3-1-7-16-13/h1-9H,15H2,(H,17,18). The lowest BCUT2D eigenvalue weighted by molar-refractivity contribution is 1.31. The molecule has 0 saturated heterocycles. The third-order valence-electron chi connectivity index (χ3n) is 2.70. The molecule has 0 aliphatic rings. The van der Waals surface area contributed by atoms with Crippen LogP contribution in [0.4, 0.5) is 17.2 Å². The van der Waals surface area contributed by atoms with Gasteiger partial charge in [-0.05, 0) is 36.4 Å². The lowest BCUT2D eigenvalue weighted by atomic mass is 10.2. The molecule has 3 aromatic rings. The predicted octanol–water partition coefficient (Wildman–Crippen LogP) is 2.96. The number of rotatable bonds is 2. The van der Waals surface area contributed by atoms with E-state index in [1.165, 1.54) is 0 Å². The minimum absolute atomic E-state index is 0.629. The molecule has 4 heteroatoms. The summed E-state index contributed by atoms with van der Waals surface area (Å²) >= 11 is 0. The van der Waals surface area contributed by atoms with E-state index in [0.29, 0.717) is 11.5 Å². The smallest absolute Gasteiger partial charge is 0.153 e. The van der Waals surface area contributed by atoms with Gasteiger partial charge in [0.15, 0.2) is 5.82 Å². The maximum absolute atomic E-state index is 5.84. The van der Waals surface area contributed by atoms with E-state index in [0.717, 1.165) is 16.6 Å². The topological polar surface area (TPSA) is 63.8 Å². The minimum atomic E-state index is 0.629. The number of hydrogen-bond donors (Lipinski definition) is 2. The van der Waals surface area contributed by atoms with Crippen molar-refractivity contribution in [1.82, 2.24) is 9.97 Å². The number of pyridine rings is 2. The molecule has 88 valence electrons. The van der Waals surface area contributed by atoms with Crippen LogP contribution in [0.2, 0.25) is 0 Å². The summed E-state index contributed by atoms with van der Waals surface area (Å²) < 4.78 is 0. The van der Waals surface area contributed by atoms with Gasteiger partial charge < -0.3 is 11.1 Å². The number of nitrogens with two attached hydrogens (primary N) is 1. The average Bonchev–Trinajstić information content (AvgIpc) is 2.41. The Kier molecular flexibility index (Phi) is 2.53. The first kappa shape index (κ1) is 10.5. The molecule has 0 unspecified atom stereocenters. The summed E-state index contributed by atoms with van der Waals surface area (Å²) in [5.41, 5.74) is 8.39. The van der Waals surface area contributed by atoms with Crippen molar-refractivity contribution in [3.8, 4) is 0 Å². The molecule has 0 radical (unpaired) electrons. The van der Waals surface area contributed by atoms with Gasteiger partial charge in [0.2, 0.25) is 0 Å². The normalized spacial score (nSPS) is 10.4. The Balaban J connectivity index is 1.98. The summed E-state index contributed by atoms with van der Waals surface area (Å²) in [6.45, 7) is 0. The zero-order valence-corrected chi connectivity index (χ0v) is 9.67. The molecule has 0 spiro atoms. The number of fused-ring (bicyclic) bond motifs is 1. The summed E-state index contributed by atoms with van der Waals surface area (Å²) in [5.74, 6) is 0.667. The van der Waals surface area contributed by atoms with Crippen molar-refractivity contribution < 1.29 is 0 Å². The van der Waals surface area contributed by atoms with Crippen LogP contribution in [0.15, 0.2) is 54.9 Å². The van der Waals surface area contributed by atoms with Crippen molar-refractivity contribution in [3.63, 3.8) is 0 Å². The van der Waals surface area contributed by atoms with Gasteiger partial charge in [-0.2, -0.15) is 0 Å². The van der Waals surface area contributed by atoms with Crippen molar-refractivity contribution in [2.75, 3.05) is 11.1 Å². The van der Waals surface area contributed by atoms with E-state index in [1.807, 2.05) is 42.5 Å². The lowest BCUT2D eigenvalue weighted by Gasteiger charge is -2.08. The third kappa shape index (κ3) is 1.96. The lowest BCUT2D eigenvalue weighted by Crippen LogP contribution is -1.98. The molecule has 0 amide bonds. The van der Waals surface area contributed by atoms with Crippen molar-refractivity contribution in [2.24, 2.45) is 0 Å². The molecule has 18 heavy (non-hydrogen) atoms. The summed E-state index contributed by atoms with van der Waals surface area (Å²) in [6, 6.07) is 13.5. The fourth-order valence-corrected chi connectivity index (χ4v) is 1.81. The van der Waals surface area contributed by atoms with E-state index >= 15 is 0 Å². The molecule has 3 rings (SSSR count). The van der Waals surface area contributed by atoms with Crippen LogP contribution in [0.5, 0.6) is 0 Å². The van der Waals surface area contributed by atoms with Gasteiger partial charge >= 0.3 is 0 Å². The Labute approximate surface area is 104 Å². The summed E-state index contributed by atoms with van der Waals surface area (Å²) in [5, 5.41) is 4.28. The molecular weight excluding hydrogens is 224 g/mol. The van der Waals surface area contributed by atoms with Crippen molar-refractivity contribution >= 4 is 28.1 Å². The predicted molar refractivity (Wildman–Crippen MR) is 73.7 cm³/mol. The molecule has 4 nitrogen and oxygen atoms in total. The fraction of sp³-hybridized carbons (Fsp3) is 0. The van der Waals surface area contributed by atoms with E-state index < -0.39 is 0 Å². The van der Waals surface area contributed by atoms with E-state index in [2.05, 4.69) is 15.3 Å². The Morgan fingerprint density at radius 1 is 0.944 bits per heavy atom. The number of aromatic nitrogens is 2. The second-order valence-corrected chi connectivity index (χ2v) is 3.98. The number of benzene rings is 1. The molecule has 0 saturated carbocycles. The first-order valence-corrected chi connectivity index (χ1v) is 5.65. The van der Waals surface area contributed by atoms with Gasteiger partial charge in [0, 0.05) is 23.5 Å². The molecule has 1 aromatic carbocycles. The van der Waals surface area contributed by atoms with Crippen LogP contribution >= 0.6 is 0 Å². The van der Waals surface area contributed by atoms with Crippen LogP contribution in [0.1, 0.15) is 0 Å². The van der Waals surface area contributed by atoms with Crippen molar-refractivity contribution in [2.45, 2.75) is 0 Å². The molecule has 0 atom stereocenters. The Morgan fingerprint density at radius 2 is 1.78 bits per heavy atom. The van der Waals surface area contributed by atoms with Gasteiger partial charge in [0.25, 0.3) is 0 Å². The average molecular weight is 236 g/mol. The zero-order valence-electron chi connectivity index (χ0n) is 9.67. The second-order valence-electron chi connectivity index (χ2n) is 3.98. The van der Waals surface area contributed by atoms with Gasteiger partial charge in [-0.1, -0.05) is 6.07 Å². The fourth-order valence-electron chi connectivity index (χ4n) is 1.81. The molecule has 0 bridgehead atoms. The van der Waals surface area contributed by atoms with Gasteiger partial charge in [-0.3, -0.25) is 4.98 Å². The van der Waals surface area contributed by atoms with Crippen LogP contribution in [-0.4, -0.2) is 9.97 Å². The van der Waals surface area contributed by atoms with E-state index in [4.69, 9.17) is 5.73 Å². The molecule has 2 heterocycles. The Hall–Kier alpha value is -2.62. The zero-order chi connectivity index (χ0) is 12.4. The molecule has 0 aliphatic carbocycles. The first-order valence-electron chi connectivity index (χ1n) is 5.65. The molecule has 2 aromatic heterocycles. The third-order valence-corrected chi connectivity index (χ3v) is 2.70. The van der Waals surface area contributed by atoms with Gasteiger partial charge in [0.05, 0.1) is 11.2 Å². The van der Waals surface area contributed by atoms with Crippen molar-refractivity contribution in [1.29, 1.82) is 0 Å². The van der Waals surface area contributed by atoms with E-state index in [1.54, 1.807) is 12.4 Å². The van der Waals surface area contributed by atoms with Crippen molar-refractivity contribution in [3.05, 3.63) is 54.9 Å². The van der Waals surface area contributed by atoms with Crippen LogP contribution < -0.4 is 11.1 Å². The molecular formula is C14H12N4. The van der Waals surface area contributed by atoms with Crippen LogP contribution in [0.25, 0.3) is 10.9 Å². The second kappa shape index (κ2) is 4.33. The summed E-state index contributed by atoms with van der Waals surface area (Å²) in [4.78, 5) is 8.48. The van der Waals surface area contributed by atoms with E-state index in [9.17, 15) is 0 Å². The maximum atomic E-state index is 5.84. The largest absolute Gasteiger partial charge is 0.396 e. The van der Waals surface area contributed by atoms with Gasteiger partial charge in [-0.25, -0.2) is 4.98 Å². The minimum Gasteiger partial charge on any atom is -0.396 e. The number of anilines is 3. The van der Waals surface area contributed by atoms with Crippen LogP contribution in [-0.2, 0) is 0 Å². The molecule has 0 aliphatic heterocycles. The number of nitrogens with zero attached hydrogens (tertiary/aromatic N) is 2. The van der Waals surface area contributed by atoms with Gasteiger partial charge in [-0.15, -0.1) is 0 Å². The SMILES string of the molecule is Nc1cccnc1Nc1ccc2ncccc2c1. The Bertz CT molecular complexity index is 694. The molecule has 3 N–H and O–H groups in total. The number of nitrogens with one attached hydrogen (secondary N) is 1. The highest BCUT2D eigenvalue weighted by Crippen LogP contribution is 2.22. The summed E-state index contributed by atoms with van der Waals surface area (Å²) in [6.07, 6.45) is 3.49. The highest BCUT2D eigenvalue weighted by Gasteiger charge is 2.01. The van der Waals surface area contributed by atoms with Crippen LogP contribution in [0, 0.1) is 0 Å². The number of nitrogen functional groups attached to an aromatic ring is 1. The molecule has 0 fully saturated rings. The summed E-state index contributed by atoms with van der Waals surface area (Å²) in [7, 11) is 0. The Morgan fingerprint density at radius 3 is 2.67 bits per heavy atom. The highest BCUT2D eigenvalue weighted by atomic mass is 15.0.